The molecule has 1 fully saturated rings. The van der Waals surface area contributed by atoms with E-state index < -0.39 is 23.4 Å². The van der Waals surface area contributed by atoms with E-state index in [4.69, 9.17) is 10.2 Å². The van der Waals surface area contributed by atoms with Crippen LogP contribution in [0.1, 0.15) is 25.7 Å². The molecule has 1 atom stereocenters. The van der Waals surface area contributed by atoms with Crippen molar-refractivity contribution in [2.24, 2.45) is 5.41 Å². The smallest absolute Gasteiger partial charge is 0.363 e. The van der Waals surface area contributed by atoms with E-state index in [0.29, 0.717) is 12.8 Å². The minimum atomic E-state index is -1.12. The molecule has 0 unspecified atom stereocenters. The zero-order valence-electron chi connectivity index (χ0n) is 7.70. The van der Waals surface area contributed by atoms with Gasteiger partial charge in [0.15, 0.2) is 6.04 Å². The highest BCUT2D eigenvalue weighted by Gasteiger charge is 2.52. The van der Waals surface area contributed by atoms with E-state index in [1.807, 2.05) is 0 Å². The lowest BCUT2D eigenvalue weighted by atomic mass is 9.79. The Morgan fingerprint density at radius 2 is 1.64 bits per heavy atom. The molecule has 1 saturated carbocycles. The Morgan fingerprint density at radius 1 is 1.21 bits per heavy atom. The summed E-state index contributed by atoms with van der Waals surface area (Å²) in [5.74, 6) is -2.14. The predicted octanol–water partition coefficient (Wildman–Crippen LogP) is -3.67. The van der Waals surface area contributed by atoms with E-state index in [2.05, 4.69) is 5.73 Å². The van der Waals surface area contributed by atoms with Crippen LogP contribution in [0.15, 0.2) is 0 Å². The van der Waals surface area contributed by atoms with E-state index in [1.54, 1.807) is 0 Å². The van der Waals surface area contributed by atoms with Gasteiger partial charge in [-0.1, -0.05) is 12.8 Å². The minimum Gasteiger partial charge on any atom is -1.00 e. The van der Waals surface area contributed by atoms with Gasteiger partial charge >= 0.3 is 11.9 Å². The summed E-state index contributed by atoms with van der Waals surface area (Å²) in [6, 6.07) is -1.03. The molecule has 1 aliphatic carbocycles. The van der Waals surface area contributed by atoms with Crippen molar-refractivity contribution in [3.05, 3.63) is 0 Å². The van der Waals surface area contributed by atoms with Gasteiger partial charge in [-0.05, 0) is 12.8 Å². The lowest BCUT2D eigenvalue weighted by Crippen LogP contribution is -3.00. The molecule has 6 heteroatoms. The molecular formula is C8H14ClNO4. The van der Waals surface area contributed by atoms with Crippen LogP contribution in [0.3, 0.4) is 0 Å². The van der Waals surface area contributed by atoms with Gasteiger partial charge in [0, 0.05) is 0 Å². The van der Waals surface area contributed by atoms with Crippen molar-refractivity contribution in [1.82, 2.24) is 0 Å². The molecule has 1 aliphatic rings. The maximum absolute atomic E-state index is 11.0. The van der Waals surface area contributed by atoms with Crippen LogP contribution in [-0.2, 0) is 9.59 Å². The molecule has 0 amide bonds. The van der Waals surface area contributed by atoms with Gasteiger partial charge in [-0.2, -0.15) is 0 Å². The second-order valence-corrected chi connectivity index (χ2v) is 3.56. The van der Waals surface area contributed by atoms with Crippen molar-refractivity contribution in [2.75, 3.05) is 0 Å². The van der Waals surface area contributed by atoms with E-state index >= 15 is 0 Å². The van der Waals surface area contributed by atoms with Crippen LogP contribution in [0.25, 0.3) is 0 Å². The summed E-state index contributed by atoms with van der Waals surface area (Å²) in [7, 11) is 0. The molecule has 0 radical (unpaired) electrons. The third kappa shape index (κ3) is 1.99. The van der Waals surface area contributed by atoms with Crippen molar-refractivity contribution in [3.63, 3.8) is 0 Å². The number of carbonyl (C=O) groups is 2. The summed E-state index contributed by atoms with van der Waals surface area (Å²) in [4.78, 5) is 21.6. The quantitative estimate of drug-likeness (QED) is 0.459. The number of halogens is 1. The van der Waals surface area contributed by atoms with Gasteiger partial charge < -0.3 is 28.4 Å². The Labute approximate surface area is 87.7 Å². The number of hydrogen-bond acceptors (Lipinski definition) is 2. The Balaban J connectivity index is 0.00000169. The first kappa shape index (κ1) is 13.2. The van der Waals surface area contributed by atoms with Gasteiger partial charge in [0.1, 0.15) is 5.41 Å². The SMILES string of the molecule is [Cl-].[NH3+][C@H](C(=O)O)C1(C(=O)O)CCCC1. The molecule has 5 nitrogen and oxygen atoms in total. The Kier molecular flexibility index (Phi) is 4.35. The lowest BCUT2D eigenvalue weighted by Gasteiger charge is -2.24. The standard InChI is InChI=1S/C8H13NO4.ClH/c9-5(6(10)11)8(7(12)13)3-1-2-4-8;/h5H,1-4,9H2,(H,10,11)(H,12,13);1H/t5-;/m1./s1. The van der Waals surface area contributed by atoms with Gasteiger partial charge in [0.25, 0.3) is 0 Å². The lowest BCUT2D eigenvalue weighted by molar-refractivity contribution is -0.430. The number of carboxylic acid groups (broad SMARTS) is 2. The molecule has 0 aromatic heterocycles. The van der Waals surface area contributed by atoms with E-state index in [9.17, 15) is 9.59 Å². The van der Waals surface area contributed by atoms with Crippen LogP contribution in [0.5, 0.6) is 0 Å². The van der Waals surface area contributed by atoms with Crippen molar-refractivity contribution in [3.8, 4) is 0 Å². The number of aliphatic carboxylic acids is 2. The van der Waals surface area contributed by atoms with Gasteiger partial charge in [-0.25, -0.2) is 4.79 Å². The summed E-state index contributed by atoms with van der Waals surface area (Å²) in [6.45, 7) is 0. The number of carboxylic acids is 2. The van der Waals surface area contributed by atoms with Gasteiger partial charge in [-0.15, -0.1) is 0 Å². The fourth-order valence-electron chi connectivity index (χ4n) is 1.95. The summed E-state index contributed by atoms with van der Waals surface area (Å²) in [6.07, 6.45) is 2.43. The van der Waals surface area contributed by atoms with Crippen LogP contribution in [0, 0.1) is 5.41 Å². The maximum Gasteiger partial charge on any atom is 0.363 e. The number of rotatable bonds is 3. The highest BCUT2D eigenvalue weighted by molar-refractivity contribution is 5.84. The average Bonchev–Trinajstić information content (AvgIpc) is 2.51. The molecule has 0 aromatic carbocycles. The van der Waals surface area contributed by atoms with Crippen LogP contribution in [0.2, 0.25) is 0 Å². The highest BCUT2D eigenvalue weighted by atomic mass is 35.5. The monoisotopic (exact) mass is 223 g/mol. The first-order valence-electron chi connectivity index (χ1n) is 4.30. The topological polar surface area (TPSA) is 102 Å². The number of quaternary nitrogens is 1. The highest BCUT2D eigenvalue weighted by Crippen LogP contribution is 2.40. The molecule has 5 N–H and O–H groups in total. The van der Waals surface area contributed by atoms with Crippen LogP contribution in [-0.4, -0.2) is 28.2 Å². The van der Waals surface area contributed by atoms with Crippen molar-refractivity contribution < 1.29 is 37.9 Å². The minimum absolute atomic E-state index is 0. The van der Waals surface area contributed by atoms with Gasteiger partial charge in [-0.3, -0.25) is 4.79 Å². The van der Waals surface area contributed by atoms with E-state index in [-0.39, 0.29) is 12.4 Å². The Bertz CT molecular complexity index is 237. The largest absolute Gasteiger partial charge is 1.00 e. The number of hydrogen-bond donors (Lipinski definition) is 3. The van der Waals surface area contributed by atoms with Gasteiger partial charge in [0.2, 0.25) is 0 Å². The molecule has 0 heterocycles. The third-order valence-electron chi connectivity index (χ3n) is 2.89. The molecular weight excluding hydrogens is 210 g/mol. The molecule has 0 spiro atoms. The second kappa shape index (κ2) is 4.61. The first-order valence-corrected chi connectivity index (χ1v) is 4.30. The van der Waals surface area contributed by atoms with Crippen molar-refractivity contribution in [2.45, 2.75) is 31.7 Å². The van der Waals surface area contributed by atoms with Crippen molar-refractivity contribution in [1.29, 1.82) is 0 Å². The maximum atomic E-state index is 11.0. The molecule has 0 aromatic rings. The fourth-order valence-corrected chi connectivity index (χ4v) is 1.95. The zero-order valence-corrected chi connectivity index (χ0v) is 8.46. The fraction of sp³-hybridized carbons (Fsp3) is 0.750. The van der Waals surface area contributed by atoms with Crippen LogP contribution >= 0.6 is 0 Å². The van der Waals surface area contributed by atoms with Crippen LogP contribution in [0.4, 0.5) is 0 Å². The van der Waals surface area contributed by atoms with E-state index in [0.717, 1.165) is 12.8 Å². The average molecular weight is 224 g/mol. The normalized spacial score (nSPS) is 20.9. The summed E-state index contributed by atoms with van der Waals surface area (Å²) >= 11 is 0. The second-order valence-electron chi connectivity index (χ2n) is 3.56. The summed E-state index contributed by atoms with van der Waals surface area (Å²) in [5.41, 5.74) is 2.31. The predicted molar refractivity (Wildman–Crippen MR) is 42.8 cm³/mol. The first-order chi connectivity index (χ1) is 6.00. The molecule has 1 rings (SSSR count). The summed E-state index contributed by atoms with van der Waals surface area (Å²) < 4.78 is 0. The van der Waals surface area contributed by atoms with Gasteiger partial charge in [0.05, 0.1) is 0 Å². The molecule has 82 valence electrons. The molecule has 14 heavy (non-hydrogen) atoms. The molecule has 0 bridgehead atoms. The molecule has 0 aliphatic heterocycles. The summed E-state index contributed by atoms with van der Waals surface area (Å²) in [5, 5.41) is 17.7. The Hall–Kier alpha value is -0.810. The zero-order chi connectivity index (χ0) is 10.1. The van der Waals surface area contributed by atoms with E-state index in [1.165, 1.54) is 0 Å². The van der Waals surface area contributed by atoms with Crippen LogP contribution < -0.4 is 18.1 Å². The van der Waals surface area contributed by atoms with Crippen molar-refractivity contribution >= 4 is 11.9 Å². The molecule has 0 saturated heterocycles. The Morgan fingerprint density at radius 3 is 1.93 bits per heavy atom. The third-order valence-corrected chi connectivity index (χ3v) is 2.89.